The lowest BCUT2D eigenvalue weighted by Crippen LogP contribution is -2.51. The van der Waals surface area contributed by atoms with Crippen molar-refractivity contribution in [3.63, 3.8) is 0 Å². The van der Waals surface area contributed by atoms with Gasteiger partial charge in [-0.2, -0.15) is 0 Å². The van der Waals surface area contributed by atoms with Crippen molar-refractivity contribution in [3.8, 4) is 0 Å². The lowest BCUT2D eigenvalue weighted by Gasteiger charge is -2.37. The molecule has 0 aromatic rings. The van der Waals surface area contributed by atoms with Gasteiger partial charge in [-0.3, -0.25) is 4.79 Å². The summed E-state index contributed by atoms with van der Waals surface area (Å²) in [5, 5.41) is 0. The van der Waals surface area contributed by atoms with Gasteiger partial charge in [-0.1, -0.05) is 34.1 Å². The summed E-state index contributed by atoms with van der Waals surface area (Å²) in [6, 6.07) is -0.317. The van der Waals surface area contributed by atoms with E-state index in [4.69, 9.17) is 5.73 Å². The Hall–Kier alpha value is -0.570. The van der Waals surface area contributed by atoms with Gasteiger partial charge in [-0.15, -0.1) is 0 Å². The maximum atomic E-state index is 12.2. The van der Waals surface area contributed by atoms with Crippen LogP contribution in [0, 0.1) is 17.8 Å². The average molecular weight is 226 g/mol. The molecule has 0 spiro atoms. The smallest absolute Gasteiger partial charge is 0.239 e. The van der Waals surface area contributed by atoms with E-state index in [-0.39, 0.29) is 17.9 Å². The monoisotopic (exact) mass is 226 g/mol. The number of nitrogens with zero attached hydrogens (tertiary/aromatic N) is 1. The van der Waals surface area contributed by atoms with E-state index in [1.165, 1.54) is 6.42 Å². The molecular formula is C13H26N2O. The molecule has 1 rings (SSSR count). The van der Waals surface area contributed by atoms with Crippen molar-refractivity contribution < 1.29 is 4.79 Å². The van der Waals surface area contributed by atoms with Gasteiger partial charge in [0.15, 0.2) is 0 Å². The summed E-state index contributed by atoms with van der Waals surface area (Å²) in [6.45, 7) is 10.3. The van der Waals surface area contributed by atoms with Crippen molar-refractivity contribution in [3.05, 3.63) is 0 Å². The Morgan fingerprint density at radius 3 is 2.31 bits per heavy atom. The van der Waals surface area contributed by atoms with Crippen molar-refractivity contribution in [1.82, 2.24) is 4.90 Å². The number of carbonyl (C=O) groups is 1. The number of piperidine rings is 1. The Labute approximate surface area is 99.4 Å². The largest absolute Gasteiger partial charge is 0.341 e. The number of rotatable bonds is 3. The summed E-state index contributed by atoms with van der Waals surface area (Å²) in [5.41, 5.74) is 6.00. The highest BCUT2D eigenvalue weighted by atomic mass is 16.2. The fraction of sp³-hybridized carbons (Fsp3) is 0.923. The molecule has 3 nitrogen and oxygen atoms in total. The van der Waals surface area contributed by atoms with E-state index >= 15 is 0 Å². The molecule has 0 aliphatic carbocycles. The molecule has 1 heterocycles. The van der Waals surface area contributed by atoms with Crippen LogP contribution >= 0.6 is 0 Å². The summed E-state index contributed by atoms with van der Waals surface area (Å²) in [7, 11) is 0. The second kappa shape index (κ2) is 5.67. The molecule has 94 valence electrons. The van der Waals surface area contributed by atoms with Crippen molar-refractivity contribution in [2.45, 2.75) is 46.6 Å². The van der Waals surface area contributed by atoms with Crippen LogP contribution in [-0.2, 0) is 4.79 Å². The highest BCUT2D eigenvalue weighted by Gasteiger charge is 2.30. The third-order valence-electron chi connectivity index (χ3n) is 3.72. The molecule has 0 aromatic carbocycles. The quantitative estimate of drug-likeness (QED) is 0.798. The number of amides is 1. The average Bonchev–Trinajstić information content (AvgIpc) is 2.24. The Morgan fingerprint density at radius 1 is 1.38 bits per heavy atom. The molecule has 3 heteroatoms. The molecule has 0 radical (unpaired) electrons. The van der Waals surface area contributed by atoms with Crippen LogP contribution in [0.2, 0.25) is 0 Å². The SMILES string of the molecule is CC[C@H](C)[C@H](N)C(=O)N1CC(C)CC(C)C1. The lowest BCUT2D eigenvalue weighted by atomic mass is 9.90. The molecule has 1 aliphatic heterocycles. The van der Waals surface area contributed by atoms with Gasteiger partial charge >= 0.3 is 0 Å². The predicted octanol–water partition coefficient (Wildman–Crippen LogP) is 1.86. The third kappa shape index (κ3) is 3.21. The van der Waals surface area contributed by atoms with E-state index in [1.54, 1.807) is 0 Å². The number of carbonyl (C=O) groups excluding carboxylic acids is 1. The van der Waals surface area contributed by atoms with Gasteiger partial charge < -0.3 is 10.6 Å². The van der Waals surface area contributed by atoms with Crippen LogP contribution in [0.25, 0.3) is 0 Å². The van der Waals surface area contributed by atoms with E-state index in [9.17, 15) is 4.79 Å². The molecule has 4 atom stereocenters. The summed E-state index contributed by atoms with van der Waals surface area (Å²) in [5.74, 6) is 1.64. The highest BCUT2D eigenvalue weighted by Crippen LogP contribution is 2.22. The standard InChI is InChI=1S/C13H26N2O/c1-5-11(4)12(14)13(16)15-7-9(2)6-10(3)8-15/h9-12H,5-8,14H2,1-4H3/t9?,10?,11-,12-/m0/s1. The first-order valence-electron chi connectivity index (χ1n) is 6.50. The second-order valence-electron chi connectivity index (χ2n) is 5.60. The first kappa shape index (κ1) is 13.5. The first-order valence-corrected chi connectivity index (χ1v) is 6.50. The topological polar surface area (TPSA) is 46.3 Å². The number of likely N-dealkylation sites (tertiary alicyclic amines) is 1. The van der Waals surface area contributed by atoms with Gasteiger partial charge in [0.2, 0.25) is 5.91 Å². The van der Waals surface area contributed by atoms with Crippen LogP contribution in [0.1, 0.15) is 40.5 Å². The van der Waals surface area contributed by atoms with Crippen LogP contribution in [0.3, 0.4) is 0 Å². The molecule has 0 bridgehead atoms. The first-order chi connectivity index (χ1) is 7.45. The van der Waals surface area contributed by atoms with Gasteiger partial charge in [-0.05, 0) is 24.2 Å². The minimum absolute atomic E-state index is 0.146. The Bertz CT molecular complexity index is 232. The fourth-order valence-corrected chi connectivity index (χ4v) is 2.55. The van der Waals surface area contributed by atoms with E-state index in [2.05, 4.69) is 27.7 Å². The minimum Gasteiger partial charge on any atom is -0.341 e. The predicted molar refractivity (Wildman–Crippen MR) is 67.0 cm³/mol. The third-order valence-corrected chi connectivity index (χ3v) is 3.72. The molecular weight excluding hydrogens is 200 g/mol. The van der Waals surface area contributed by atoms with Crippen molar-refractivity contribution in [2.24, 2.45) is 23.5 Å². The Kier molecular flexibility index (Phi) is 4.78. The molecule has 1 saturated heterocycles. The Balaban J connectivity index is 2.59. The van der Waals surface area contributed by atoms with E-state index in [1.807, 2.05) is 4.90 Å². The number of hydrogen-bond donors (Lipinski definition) is 1. The van der Waals surface area contributed by atoms with Crippen LogP contribution in [0.4, 0.5) is 0 Å². The van der Waals surface area contributed by atoms with Gasteiger partial charge in [-0.25, -0.2) is 0 Å². The molecule has 1 amide bonds. The van der Waals surface area contributed by atoms with Crippen molar-refractivity contribution >= 4 is 5.91 Å². The minimum atomic E-state index is -0.317. The summed E-state index contributed by atoms with van der Waals surface area (Å²) in [6.07, 6.45) is 2.19. The number of nitrogens with two attached hydrogens (primary N) is 1. The summed E-state index contributed by atoms with van der Waals surface area (Å²) >= 11 is 0. The number of hydrogen-bond acceptors (Lipinski definition) is 2. The van der Waals surface area contributed by atoms with Crippen LogP contribution in [0.5, 0.6) is 0 Å². The molecule has 16 heavy (non-hydrogen) atoms. The maximum absolute atomic E-state index is 12.2. The molecule has 0 saturated carbocycles. The van der Waals surface area contributed by atoms with Crippen LogP contribution < -0.4 is 5.73 Å². The van der Waals surface area contributed by atoms with Gasteiger partial charge in [0.25, 0.3) is 0 Å². The summed E-state index contributed by atoms with van der Waals surface area (Å²) in [4.78, 5) is 14.2. The zero-order chi connectivity index (χ0) is 12.3. The second-order valence-corrected chi connectivity index (χ2v) is 5.60. The zero-order valence-electron chi connectivity index (χ0n) is 11.1. The van der Waals surface area contributed by atoms with Gasteiger partial charge in [0.05, 0.1) is 6.04 Å². The lowest BCUT2D eigenvalue weighted by molar-refractivity contribution is -0.136. The zero-order valence-corrected chi connectivity index (χ0v) is 11.1. The summed E-state index contributed by atoms with van der Waals surface area (Å²) < 4.78 is 0. The van der Waals surface area contributed by atoms with E-state index in [0.29, 0.717) is 11.8 Å². The molecule has 0 aromatic heterocycles. The van der Waals surface area contributed by atoms with Crippen LogP contribution in [-0.4, -0.2) is 29.9 Å². The van der Waals surface area contributed by atoms with Crippen LogP contribution in [0.15, 0.2) is 0 Å². The van der Waals surface area contributed by atoms with Crippen molar-refractivity contribution in [2.75, 3.05) is 13.1 Å². The van der Waals surface area contributed by atoms with Gasteiger partial charge in [0.1, 0.15) is 0 Å². The fourth-order valence-electron chi connectivity index (χ4n) is 2.55. The van der Waals surface area contributed by atoms with Gasteiger partial charge in [0, 0.05) is 13.1 Å². The highest BCUT2D eigenvalue weighted by molar-refractivity contribution is 5.82. The Morgan fingerprint density at radius 2 is 1.88 bits per heavy atom. The van der Waals surface area contributed by atoms with E-state index < -0.39 is 0 Å². The molecule has 2 N–H and O–H groups in total. The maximum Gasteiger partial charge on any atom is 0.239 e. The van der Waals surface area contributed by atoms with Crippen molar-refractivity contribution in [1.29, 1.82) is 0 Å². The molecule has 2 unspecified atom stereocenters. The van der Waals surface area contributed by atoms with E-state index in [0.717, 1.165) is 19.5 Å². The molecule has 1 fully saturated rings. The molecule has 1 aliphatic rings. The normalized spacial score (nSPS) is 29.9.